The molecule has 4 heteroatoms. The van der Waals surface area contributed by atoms with Crippen LogP contribution in [-0.4, -0.2) is 31.1 Å². The zero-order valence-corrected chi connectivity index (χ0v) is 19.8. The molecule has 2 unspecified atom stereocenters. The summed E-state index contributed by atoms with van der Waals surface area (Å²) in [4.78, 5) is 11.8. The Balaban J connectivity index is 1.77. The van der Waals surface area contributed by atoms with Gasteiger partial charge in [0.1, 0.15) is 12.7 Å². The third-order valence-electron chi connectivity index (χ3n) is 6.02. The molecule has 1 saturated heterocycles. The zero-order chi connectivity index (χ0) is 21.4. The van der Waals surface area contributed by atoms with Gasteiger partial charge in [-0.2, -0.15) is 0 Å². The molecular weight excluding hydrogens is 364 g/mol. The van der Waals surface area contributed by atoms with Crippen molar-refractivity contribution in [1.82, 2.24) is 0 Å². The molecule has 172 valence electrons. The summed E-state index contributed by atoms with van der Waals surface area (Å²) < 4.78 is 16.4. The van der Waals surface area contributed by atoms with Crippen LogP contribution in [0.4, 0.5) is 0 Å². The minimum absolute atomic E-state index is 0.109. The fourth-order valence-corrected chi connectivity index (χ4v) is 3.84. The second-order valence-corrected chi connectivity index (χ2v) is 9.43. The van der Waals surface area contributed by atoms with Gasteiger partial charge in [0.05, 0.1) is 6.61 Å². The first-order valence-corrected chi connectivity index (χ1v) is 12.4. The normalized spacial score (nSPS) is 19.4. The van der Waals surface area contributed by atoms with Gasteiger partial charge in [0, 0.05) is 6.42 Å². The molecule has 0 aromatic heterocycles. The van der Waals surface area contributed by atoms with Crippen LogP contribution in [0.5, 0.6) is 0 Å². The van der Waals surface area contributed by atoms with Gasteiger partial charge in [-0.05, 0) is 26.2 Å². The predicted molar refractivity (Wildman–Crippen MR) is 120 cm³/mol. The smallest absolute Gasteiger partial charge is 0.305 e. The molecule has 29 heavy (non-hydrogen) atoms. The average Bonchev–Trinajstić information content (AvgIpc) is 3.05. The molecule has 0 saturated carbocycles. The van der Waals surface area contributed by atoms with Crippen LogP contribution in [0.3, 0.4) is 0 Å². The number of unbranched alkanes of at least 4 members (excludes halogenated alkanes) is 11. The predicted octanol–water partition coefficient (Wildman–Crippen LogP) is 7.19. The molecule has 0 N–H and O–H groups in total. The van der Waals surface area contributed by atoms with Crippen molar-refractivity contribution >= 4 is 5.97 Å². The minimum Gasteiger partial charge on any atom is -0.463 e. The lowest BCUT2D eigenvalue weighted by Gasteiger charge is -2.16. The molecule has 1 fully saturated rings. The lowest BCUT2D eigenvalue weighted by atomic mass is 9.99. The summed E-state index contributed by atoms with van der Waals surface area (Å²) >= 11 is 0. The standard InChI is InChI=1S/C25H48O4/c1-5-22(2)18-16-14-12-10-8-6-7-9-11-13-15-17-19-24(26)27-20-23-21-28-25(3,4)29-23/h22-23H,5-21H2,1-4H3. The van der Waals surface area contributed by atoms with Crippen molar-refractivity contribution in [2.24, 2.45) is 5.92 Å². The van der Waals surface area contributed by atoms with Crippen LogP contribution in [-0.2, 0) is 19.0 Å². The highest BCUT2D eigenvalue weighted by Crippen LogP contribution is 2.22. The molecule has 0 bridgehead atoms. The van der Waals surface area contributed by atoms with Crippen molar-refractivity contribution in [3.63, 3.8) is 0 Å². The van der Waals surface area contributed by atoms with Crippen LogP contribution in [0.15, 0.2) is 0 Å². The molecule has 0 aromatic carbocycles. The third-order valence-corrected chi connectivity index (χ3v) is 6.02. The van der Waals surface area contributed by atoms with Gasteiger partial charge in [0.15, 0.2) is 5.79 Å². The van der Waals surface area contributed by atoms with E-state index in [1.165, 1.54) is 77.0 Å². The van der Waals surface area contributed by atoms with Crippen molar-refractivity contribution in [2.75, 3.05) is 13.2 Å². The van der Waals surface area contributed by atoms with Gasteiger partial charge in [-0.3, -0.25) is 4.79 Å². The summed E-state index contributed by atoms with van der Waals surface area (Å²) in [6, 6.07) is 0. The second-order valence-electron chi connectivity index (χ2n) is 9.43. The Morgan fingerprint density at radius 3 is 1.93 bits per heavy atom. The summed E-state index contributed by atoms with van der Waals surface area (Å²) in [5, 5.41) is 0. The molecule has 2 atom stereocenters. The lowest BCUT2D eigenvalue weighted by molar-refractivity contribution is -0.158. The maximum absolute atomic E-state index is 11.8. The van der Waals surface area contributed by atoms with Crippen LogP contribution < -0.4 is 0 Å². The summed E-state index contributed by atoms with van der Waals surface area (Å²) in [6.07, 6.45) is 18.9. The van der Waals surface area contributed by atoms with E-state index in [0.717, 1.165) is 18.8 Å². The summed E-state index contributed by atoms with van der Waals surface area (Å²) in [6.45, 7) is 9.23. The Morgan fingerprint density at radius 2 is 1.45 bits per heavy atom. The van der Waals surface area contributed by atoms with Gasteiger partial charge in [-0.25, -0.2) is 0 Å². The number of carbonyl (C=O) groups excluding carboxylic acids is 1. The molecule has 1 rings (SSSR count). The summed E-state index contributed by atoms with van der Waals surface area (Å²) in [7, 11) is 0. The highest BCUT2D eigenvalue weighted by Gasteiger charge is 2.33. The molecule has 1 aliphatic rings. The minimum atomic E-state index is -0.551. The monoisotopic (exact) mass is 412 g/mol. The Labute approximate surface area is 180 Å². The van der Waals surface area contributed by atoms with E-state index in [4.69, 9.17) is 14.2 Å². The molecule has 0 radical (unpaired) electrons. The molecular formula is C25H48O4. The van der Waals surface area contributed by atoms with E-state index in [1.54, 1.807) is 0 Å². The van der Waals surface area contributed by atoms with Crippen molar-refractivity contribution < 1.29 is 19.0 Å². The van der Waals surface area contributed by atoms with E-state index in [-0.39, 0.29) is 12.1 Å². The SMILES string of the molecule is CCC(C)CCCCCCCCCCCCCCC(=O)OCC1COC(C)(C)O1. The van der Waals surface area contributed by atoms with Gasteiger partial charge in [0.25, 0.3) is 0 Å². The van der Waals surface area contributed by atoms with Gasteiger partial charge in [-0.15, -0.1) is 0 Å². The first-order chi connectivity index (χ1) is 13.9. The van der Waals surface area contributed by atoms with E-state index in [0.29, 0.717) is 19.6 Å². The number of carbonyl (C=O) groups is 1. The second kappa shape index (κ2) is 16.1. The van der Waals surface area contributed by atoms with Gasteiger partial charge in [0.2, 0.25) is 0 Å². The van der Waals surface area contributed by atoms with Crippen molar-refractivity contribution in [3.8, 4) is 0 Å². The molecule has 0 amide bonds. The number of hydrogen-bond donors (Lipinski definition) is 0. The van der Waals surface area contributed by atoms with E-state index >= 15 is 0 Å². The lowest BCUT2D eigenvalue weighted by Crippen LogP contribution is -2.25. The Kier molecular flexibility index (Phi) is 14.7. The number of rotatable bonds is 18. The Hall–Kier alpha value is -0.610. The van der Waals surface area contributed by atoms with Crippen molar-refractivity contribution in [1.29, 1.82) is 0 Å². The fraction of sp³-hybridized carbons (Fsp3) is 0.960. The summed E-state index contributed by atoms with van der Waals surface area (Å²) in [5.74, 6) is 0.252. The largest absolute Gasteiger partial charge is 0.463 e. The maximum atomic E-state index is 11.8. The van der Waals surface area contributed by atoms with Gasteiger partial charge in [-0.1, -0.05) is 97.3 Å². The number of ether oxygens (including phenoxy) is 3. The zero-order valence-electron chi connectivity index (χ0n) is 19.8. The Bertz CT molecular complexity index is 408. The topological polar surface area (TPSA) is 44.8 Å². The van der Waals surface area contributed by atoms with E-state index in [1.807, 2.05) is 13.8 Å². The molecule has 1 aliphatic heterocycles. The highest BCUT2D eigenvalue weighted by molar-refractivity contribution is 5.69. The number of esters is 1. The maximum Gasteiger partial charge on any atom is 0.305 e. The van der Waals surface area contributed by atoms with Crippen molar-refractivity contribution in [3.05, 3.63) is 0 Å². The van der Waals surface area contributed by atoms with Crippen LogP contribution in [0.2, 0.25) is 0 Å². The van der Waals surface area contributed by atoms with E-state index in [9.17, 15) is 4.79 Å². The molecule has 4 nitrogen and oxygen atoms in total. The quantitative estimate of drug-likeness (QED) is 0.176. The first-order valence-electron chi connectivity index (χ1n) is 12.4. The van der Waals surface area contributed by atoms with Gasteiger partial charge >= 0.3 is 5.97 Å². The number of hydrogen-bond acceptors (Lipinski definition) is 4. The molecule has 0 spiro atoms. The van der Waals surface area contributed by atoms with E-state index in [2.05, 4.69) is 13.8 Å². The fourth-order valence-electron chi connectivity index (χ4n) is 3.84. The highest BCUT2D eigenvalue weighted by atomic mass is 16.7. The molecule has 0 aliphatic carbocycles. The molecule has 0 aromatic rings. The van der Waals surface area contributed by atoms with Crippen LogP contribution in [0, 0.1) is 5.92 Å². The molecule has 1 heterocycles. The van der Waals surface area contributed by atoms with Crippen LogP contribution >= 0.6 is 0 Å². The summed E-state index contributed by atoms with van der Waals surface area (Å²) in [5.41, 5.74) is 0. The Morgan fingerprint density at radius 1 is 0.931 bits per heavy atom. The van der Waals surface area contributed by atoms with E-state index < -0.39 is 5.79 Å². The first kappa shape index (κ1) is 26.4. The average molecular weight is 413 g/mol. The third kappa shape index (κ3) is 14.9. The van der Waals surface area contributed by atoms with Crippen LogP contribution in [0.1, 0.15) is 124 Å². The van der Waals surface area contributed by atoms with Crippen molar-refractivity contribution in [2.45, 2.75) is 136 Å². The van der Waals surface area contributed by atoms with Gasteiger partial charge < -0.3 is 14.2 Å². The van der Waals surface area contributed by atoms with Crippen LogP contribution in [0.25, 0.3) is 0 Å².